The first-order chi connectivity index (χ1) is 9.35. The van der Waals surface area contributed by atoms with E-state index < -0.39 is 5.60 Å². The van der Waals surface area contributed by atoms with Crippen molar-refractivity contribution in [1.29, 1.82) is 0 Å². The minimum Gasteiger partial charge on any atom is -0.444 e. The smallest absolute Gasteiger partial charge is 0.410 e. The molecule has 2 saturated heterocycles. The normalized spacial score (nSPS) is 24.9. The van der Waals surface area contributed by atoms with Crippen LogP contribution in [0, 0.1) is 5.92 Å². The lowest BCUT2D eigenvalue weighted by molar-refractivity contribution is 0.0167. The van der Waals surface area contributed by atoms with Gasteiger partial charge in [-0.2, -0.15) is 0 Å². The molecule has 0 aromatic carbocycles. The number of nitrogens with zero attached hydrogens (tertiary/aromatic N) is 1. The number of nitrogens with one attached hydrogen (secondary N) is 2. The summed E-state index contributed by atoms with van der Waals surface area (Å²) in [6.45, 7) is 7.79. The zero-order chi connectivity index (χ0) is 14.8. The molecule has 1 unspecified atom stereocenters. The molecular formula is C14H25N3O3. The van der Waals surface area contributed by atoms with Gasteiger partial charge in [0.2, 0.25) is 0 Å². The highest BCUT2D eigenvalue weighted by atomic mass is 16.6. The summed E-state index contributed by atoms with van der Waals surface area (Å²) in [5.41, 5.74) is -0.447. The van der Waals surface area contributed by atoms with Crippen LogP contribution >= 0.6 is 0 Å². The molecule has 2 fully saturated rings. The van der Waals surface area contributed by atoms with E-state index >= 15 is 0 Å². The maximum Gasteiger partial charge on any atom is 0.410 e. The molecule has 2 rings (SSSR count). The quantitative estimate of drug-likeness (QED) is 0.769. The number of urea groups is 1. The number of ether oxygens (including phenoxy) is 1. The second kappa shape index (κ2) is 5.89. The average molecular weight is 283 g/mol. The predicted molar refractivity (Wildman–Crippen MR) is 75.5 cm³/mol. The molecule has 0 aromatic heterocycles. The van der Waals surface area contributed by atoms with Crippen LogP contribution in [0.4, 0.5) is 9.59 Å². The van der Waals surface area contributed by atoms with Gasteiger partial charge in [0.25, 0.3) is 0 Å². The SMILES string of the molecule is CC(C)(C)OC(=O)N1CCC(C2CCNC(=O)N2)CC1. The Kier molecular flexibility index (Phi) is 4.40. The van der Waals surface area contributed by atoms with E-state index in [0.29, 0.717) is 19.0 Å². The second-order valence-corrected chi connectivity index (χ2v) is 6.60. The zero-order valence-electron chi connectivity index (χ0n) is 12.6. The third-order valence-corrected chi connectivity index (χ3v) is 3.82. The summed E-state index contributed by atoms with van der Waals surface area (Å²) in [5, 5.41) is 5.75. The summed E-state index contributed by atoms with van der Waals surface area (Å²) in [4.78, 5) is 25.1. The van der Waals surface area contributed by atoms with E-state index in [4.69, 9.17) is 4.74 Å². The molecule has 0 radical (unpaired) electrons. The van der Waals surface area contributed by atoms with Gasteiger partial charge in [-0.05, 0) is 46.0 Å². The number of carbonyl (C=O) groups excluding carboxylic acids is 2. The Labute approximate surface area is 120 Å². The molecule has 0 aromatic rings. The highest BCUT2D eigenvalue weighted by Crippen LogP contribution is 2.24. The topological polar surface area (TPSA) is 70.7 Å². The molecule has 3 amide bonds. The van der Waals surface area contributed by atoms with Crippen LogP contribution < -0.4 is 10.6 Å². The van der Waals surface area contributed by atoms with Crippen molar-refractivity contribution in [3.05, 3.63) is 0 Å². The molecule has 1 atom stereocenters. The maximum absolute atomic E-state index is 12.0. The van der Waals surface area contributed by atoms with Crippen molar-refractivity contribution in [2.24, 2.45) is 5.92 Å². The molecule has 0 saturated carbocycles. The van der Waals surface area contributed by atoms with Gasteiger partial charge in [-0.25, -0.2) is 9.59 Å². The van der Waals surface area contributed by atoms with Gasteiger partial charge in [0, 0.05) is 25.7 Å². The summed E-state index contributed by atoms with van der Waals surface area (Å²) >= 11 is 0. The first-order valence-corrected chi connectivity index (χ1v) is 7.37. The fourth-order valence-corrected chi connectivity index (χ4v) is 2.80. The molecule has 114 valence electrons. The number of piperidine rings is 1. The monoisotopic (exact) mass is 283 g/mol. The summed E-state index contributed by atoms with van der Waals surface area (Å²) in [6, 6.07) is 0.167. The van der Waals surface area contributed by atoms with Crippen LogP contribution in [0.3, 0.4) is 0 Å². The van der Waals surface area contributed by atoms with Gasteiger partial charge in [0.1, 0.15) is 5.60 Å². The molecule has 2 heterocycles. The molecule has 0 spiro atoms. The van der Waals surface area contributed by atoms with Gasteiger partial charge in [-0.1, -0.05) is 0 Å². The van der Waals surface area contributed by atoms with Gasteiger partial charge in [-0.3, -0.25) is 0 Å². The first kappa shape index (κ1) is 14.9. The van der Waals surface area contributed by atoms with Crippen LogP contribution in [0.15, 0.2) is 0 Å². The molecule has 2 N–H and O–H groups in total. The minimum atomic E-state index is -0.447. The fourth-order valence-electron chi connectivity index (χ4n) is 2.80. The van der Waals surface area contributed by atoms with E-state index in [0.717, 1.165) is 25.8 Å². The van der Waals surface area contributed by atoms with Gasteiger partial charge in [-0.15, -0.1) is 0 Å². The molecule has 6 heteroatoms. The van der Waals surface area contributed by atoms with Crippen molar-refractivity contribution in [2.45, 2.75) is 51.7 Å². The molecule has 0 aliphatic carbocycles. The minimum absolute atomic E-state index is 0.0733. The lowest BCUT2D eigenvalue weighted by Gasteiger charge is -2.38. The van der Waals surface area contributed by atoms with Crippen molar-refractivity contribution in [2.75, 3.05) is 19.6 Å². The zero-order valence-corrected chi connectivity index (χ0v) is 12.6. The van der Waals surface area contributed by atoms with Gasteiger partial charge in [0.15, 0.2) is 0 Å². The van der Waals surface area contributed by atoms with Gasteiger partial charge < -0.3 is 20.3 Å². The third-order valence-electron chi connectivity index (χ3n) is 3.82. The average Bonchev–Trinajstić information content (AvgIpc) is 2.37. The van der Waals surface area contributed by atoms with E-state index in [-0.39, 0.29) is 18.2 Å². The molecule has 0 bridgehead atoms. The number of hydrogen-bond donors (Lipinski definition) is 2. The number of carbonyl (C=O) groups is 2. The summed E-state index contributed by atoms with van der Waals surface area (Å²) in [6.07, 6.45) is 2.57. The lowest BCUT2D eigenvalue weighted by Crippen LogP contribution is -2.54. The molecule has 2 aliphatic rings. The number of likely N-dealkylation sites (tertiary alicyclic amines) is 1. The van der Waals surface area contributed by atoms with Crippen LogP contribution in [0.1, 0.15) is 40.0 Å². The Balaban J connectivity index is 1.80. The van der Waals surface area contributed by atoms with Crippen molar-refractivity contribution in [1.82, 2.24) is 15.5 Å². The summed E-state index contributed by atoms with van der Waals surface area (Å²) < 4.78 is 5.38. The number of rotatable bonds is 1. The molecule has 20 heavy (non-hydrogen) atoms. The molecule has 2 aliphatic heterocycles. The van der Waals surface area contributed by atoms with Gasteiger partial charge in [0.05, 0.1) is 0 Å². The first-order valence-electron chi connectivity index (χ1n) is 7.37. The largest absolute Gasteiger partial charge is 0.444 e. The van der Waals surface area contributed by atoms with Crippen molar-refractivity contribution in [3.8, 4) is 0 Å². The van der Waals surface area contributed by atoms with Crippen LogP contribution in [0.25, 0.3) is 0 Å². The fraction of sp³-hybridized carbons (Fsp3) is 0.857. The van der Waals surface area contributed by atoms with Gasteiger partial charge >= 0.3 is 12.1 Å². The Morgan fingerprint density at radius 1 is 1.25 bits per heavy atom. The Morgan fingerprint density at radius 2 is 1.90 bits per heavy atom. The van der Waals surface area contributed by atoms with Crippen LogP contribution in [0.5, 0.6) is 0 Å². The van der Waals surface area contributed by atoms with Crippen molar-refractivity contribution < 1.29 is 14.3 Å². The highest BCUT2D eigenvalue weighted by molar-refractivity contribution is 5.75. The molecule has 6 nitrogen and oxygen atoms in total. The Hall–Kier alpha value is -1.46. The highest BCUT2D eigenvalue weighted by Gasteiger charge is 2.32. The third kappa shape index (κ3) is 4.02. The second-order valence-electron chi connectivity index (χ2n) is 6.60. The standard InChI is InChI=1S/C14H25N3O3/c1-14(2,3)20-13(19)17-8-5-10(6-9-17)11-4-7-15-12(18)16-11/h10-11H,4-9H2,1-3H3,(H2,15,16,18). The Bertz CT molecular complexity index is 370. The molecular weight excluding hydrogens is 258 g/mol. The van der Waals surface area contributed by atoms with E-state index in [1.807, 2.05) is 20.8 Å². The van der Waals surface area contributed by atoms with Crippen molar-refractivity contribution in [3.63, 3.8) is 0 Å². The number of amides is 3. The summed E-state index contributed by atoms with van der Waals surface area (Å²) in [7, 11) is 0. The lowest BCUT2D eigenvalue weighted by atomic mass is 9.87. The number of hydrogen-bond acceptors (Lipinski definition) is 3. The summed E-state index contributed by atoms with van der Waals surface area (Å²) in [5.74, 6) is 0.458. The van der Waals surface area contributed by atoms with Crippen molar-refractivity contribution >= 4 is 12.1 Å². The predicted octanol–water partition coefficient (Wildman–Crippen LogP) is 1.70. The maximum atomic E-state index is 12.0. The van der Waals surface area contributed by atoms with E-state index in [9.17, 15) is 9.59 Å². The van der Waals surface area contributed by atoms with Crippen LogP contribution in [-0.2, 0) is 4.74 Å². The van der Waals surface area contributed by atoms with Crippen LogP contribution in [-0.4, -0.2) is 48.3 Å². The van der Waals surface area contributed by atoms with E-state index in [1.165, 1.54) is 0 Å². The van der Waals surface area contributed by atoms with E-state index in [2.05, 4.69) is 10.6 Å². The van der Waals surface area contributed by atoms with Crippen LogP contribution in [0.2, 0.25) is 0 Å². The van der Waals surface area contributed by atoms with E-state index in [1.54, 1.807) is 4.90 Å². The Morgan fingerprint density at radius 3 is 2.45 bits per heavy atom.